The van der Waals surface area contributed by atoms with Crippen molar-refractivity contribution in [2.24, 2.45) is 0 Å². The second kappa shape index (κ2) is 6.84. The van der Waals surface area contributed by atoms with Gasteiger partial charge in [-0.2, -0.15) is 4.31 Å². The highest BCUT2D eigenvalue weighted by atomic mass is 35.5. The van der Waals surface area contributed by atoms with Gasteiger partial charge in [-0.15, -0.1) is 0 Å². The summed E-state index contributed by atoms with van der Waals surface area (Å²) in [6.45, 7) is 2.95. The van der Waals surface area contributed by atoms with Gasteiger partial charge in [0.15, 0.2) is 0 Å². The molecule has 118 valence electrons. The van der Waals surface area contributed by atoms with E-state index >= 15 is 0 Å². The highest BCUT2D eigenvalue weighted by Gasteiger charge is 2.38. The van der Waals surface area contributed by atoms with Gasteiger partial charge in [-0.05, 0) is 44.0 Å². The lowest BCUT2D eigenvalue weighted by Gasteiger charge is -2.22. The first-order chi connectivity index (χ1) is 9.91. The Balaban J connectivity index is 2.48. The molecule has 1 aliphatic rings. The summed E-state index contributed by atoms with van der Waals surface area (Å²) in [6.07, 6.45) is 2.61. The fourth-order valence-corrected chi connectivity index (χ4v) is 5.02. The number of hydrogen-bond acceptors (Lipinski definition) is 3. The van der Waals surface area contributed by atoms with Crippen molar-refractivity contribution in [3.63, 3.8) is 0 Å². The van der Waals surface area contributed by atoms with E-state index < -0.39 is 10.0 Å². The molecule has 21 heavy (non-hydrogen) atoms. The summed E-state index contributed by atoms with van der Waals surface area (Å²) in [4.78, 5) is 0.113. The number of benzene rings is 1. The third-order valence-corrected chi connectivity index (χ3v) is 6.18. The van der Waals surface area contributed by atoms with E-state index in [1.807, 2.05) is 6.92 Å². The van der Waals surface area contributed by atoms with Crippen LogP contribution in [0.5, 0.6) is 0 Å². The van der Waals surface area contributed by atoms with Crippen LogP contribution >= 0.6 is 23.2 Å². The van der Waals surface area contributed by atoms with Gasteiger partial charge in [0.25, 0.3) is 0 Å². The van der Waals surface area contributed by atoms with E-state index in [9.17, 15) is 8.42 Å². The van der Waals surface area contributed by atoms with Crippen molar-refractivity contribution < 1.29 is 8.42 Å². The number of nitrogens with one attached hydrogen (secondary N) is 1. The van der Waals surface area contributed by atoms with Gasteiger partial charge in [0, 0.05) is 24.2 Å². The van der Waals surface area contributed by atoms with Crippen molar-refractivity contribution in [2.75, 3.05) is 13.6 Å². The largest absolute Gasteiger partial charge is 0.316 e. The van der Waals surface area contributed by atoms with Crippen LogP contribution < -0.4 is 5.32 Å². The summed E-state index contributed by atoms with van der Waals surface area (Å²) in [5, 5.41) is 3.61. The van der Waals surface area contributed by atoms with Crippen LogP contribution in [0.3, 0.4) is 0 Å². The molecule has 0 heterocycles. The number of halogens is 2. The third-order valence-electron chi connectivity index (χ3n) is 3.43. The van der Waals surface area contributed by atoms with E-state index in [1.165, 1.54) is 6.07 Å². The maximum Gasteiger partial charge on any atom is 0.244 e. The lowest BCUT2D eigenvalue weighted by Crippen LogP contribution is -2.34. The zero-order valence-electron chi connectivity index (χ0n) is 12.2. The van der Waals surface area contributed by atoms with Crippen LogP contribution in [-0.4, -0.2) is 32.4 Å². The summed E-state index contributed by atoms with van der Waals surface area (Å²) in [7, 11) is -1.83. The Morgan fingerprint density at radius 3 is 2.52 bits per heavy atom. The van der Waals surface area contributed by atoms with Crippen LogP contribution in [0.4, 0.5) is 0 Å². The number of hydrogen-bond donors (Lipinski definition) is 1. The van der Waals surface area contributed by atoms with Gasteiger partial charge in [-0.25, -0.2) is 8.42 Å². The summed E-state index contributed by atoms with van der Waals surface area (Å²) >= 11 is 12.4. The van der Waals surface area contributed by atoms with Crippen LogP contribution in [0.15, 0.2) is 17.0 Å². The molecule has 1 aromatic rings. The van der Waals surface area contributed by atoms with Crippen LogP contribution in [0, 0.1) is 0 Å². The first-order valence-electron chi connectivity index (χ1n) is 7.06. The predicted molar refractivity (Wildman–Crippen MR) is 86.4 cm³/mol. The van der Waals surface area contributed by atoms with Crippen molar-refractivity contribution in [2.45, 2.75) is 43.7 Å². The lowest BCUT2D eigenvalue weighted by atomic mass is 10.2. The normalized spacial score (nSPS) is 15.7. The molecule has 0 unspecified atom stereocenters. The van der Waals surface area contributed by atoms with Crippen LogP contribution in [-0.2, 0) is 16.6 Å². The first-order valence-corrected chi connectivity index (χ1v) is 9.25. The molecule has 0 spiro atoms. The van der Waals surface area contributed by atoms with Crippen molar-refractivity contribution in [1.82, 2.24) is 9.62 Å². The quantitative estimate of drug-likeness (QED) is 0.820. The molecule has 0 saturated heterocycles. The van der Waals surface area contributed by atoms with Crippen molar-refractivity contribution in [1.29, 1.82) is 0 Å². The molecule has 0 aromatic heterocycles. The maximum absolute atomic E-state index is 12.9. The summed E-state index contributed by atoms with van der Waals surface area (Å²) < 4.78 is 27.4. The Kier molecular flexibility index (Phi) is 5.54. The van der Waals surface area contributed by atoms with E-state index in [-0.39, 0.29) is 16.0 Å². The highest BCUT2D eigenvalue weighted by molar-refractivity contribution is 7.89. The molecule has 1 aromatic carbocycles. The van der Waals surface area contributed by atoms with E-state index in [1.54, 1.807) is 17.4 Å². The third kappa shape index (κ3) is 3.71. The Labute approximate surface area is 136 Å². The summed E-state index contributed by atoms with van der Waals surface area (Å²) in [5.41, 5.74) is 0.692. The average Bonchev–Trinajstić information content (AvgIpc) is 3.24. The molecule has 0 aliphatic heterocycles. The fraction of sp³-hybridized carbons (Fsp3) is 0.571. The zero-order chi connectivity index (χ0) is 15.6. The molecule has 7 heteroatoms. The van der Waals surface area contributed by atoms with Crippen molar-refractivity contribution in [3.05, 3.63) is 27.7 Å². The maximum atomic E-state index is 12.9. The zero-order valence-corrected chi connectivity index (χ0v) is 14.5. The molecule has 1 N–H and O–H groups in total. The minimum absolute atomic E-state index is 0.109. The van der Waals surface area contributed by atoms with Gasteiger partial charge in [0.05, 0.1) is 5.02 Å². The monoisotopic (exact) mass is 350 g/mol. The van der Waals surface area contributed by atoms with E-state index in [4.69, 9.17) is 23.2 Å². The van der Waals surface area contributed by atoms with Crippen LogP contribution in [0.25, 0.3) is 0 Å². The van der Waals surface area contributed by atoms with Crippen molar-refractivity contribution >= 4 is 33.2 Å². The molecule has 0 atom stereocenters. The SMILES string of the molecule is CCCN(C1CC1)S(=O)(=O)c1cc(Cl)cc(CNC)c1Cl. The number of sulfonamides is 1. The number of nitrogens with zero attached hydrogens (tertiary/aromatic N) is 1. The minimum atomic E-state index is -3.60. The van der Waals surface area contributed by atoms with Gasteiger partial charge in [0.2, 0.25) is 10.0 Å². The molecular formula is C14H20Cl2N2O2S. The smallest absolute Gasteiger partial charge is 0.244 e. The minimum Gasteiger partial charge on any atom is -0.316 e. The highest BCUT2D eigenvalue weighted by Crippen LogP contribution is 2.36. The topological polar surface area (TPSA) is 49.4 Å². The molecule has 0 bridgehead atoms. The average molecular weight is 351 g/mol. The molecule has 0 radical (unpaired) electrons. The molecule has 1 saturated carbocycles. The Bertz CT molecular complexity index is 616. The second-order valence-corrected chi connectivity index (χ2v) is 7.93. The van der Waals surface area contributed by atoms with Crippen molar-refractivity contribution in [3.8, 4) is 0 Å². The Hall–Kier alpha value is -0.330. The van der Waals surface area contributed by atoms with Gasteiger partial charge in [0.1, 0.15) is 4.90 Å². The molecule has 1 aliphatic carbocycles. The van der Waals surface area contributed by atoms with E-state index in [0.717, 1.165) is 19.3 Å². The fourth-order valence-electron chi connectivity index (χ4n) is 2.33. The standard InChI is InChI=1S/C14H20Cl2N2O2S/c1-3-6-18(12-4-5-12)21(19,20)13-8-11(15)7-10(9-17-2)14(13)16/h7-8,12,17H,3-6,9H2,1-2H3. The molecule has 1 fully saturated rings. The Morgan fingerprint density at radius 2 is 2.00 bits per heavy atom. The van der Waals surface area contributed by atoms with E-state index in [0.29, 0.717) is 23.7 Å². The van der Waals surface area contributed by atoms with Gasteiger partial charge in [-0.1, -0.05) is 30.1 Å². The summed E-state index contributed by atoms with van der Waals surface area (Å²) in [6, 6.07) is 3.25. The first kappa shape index (κ1) is 17.0. The van der Waals surface area contributed by atoms with E-state index in [2.05, 4.69) is 5.32 Å². The molecule has 4 nitrogen and oxygen atoms in total. The molecular weight excluding hydrogens is 331 g/mol. The number of rotatable bonds is 7. The van der Waals surface area contributed by atoms with Gasteiger partial charge < -0.3 is 5.32 Å². The van der Waals surface area contributed by atoms with Crippen LogP contribution in [0.2, 0.25) is 10.0 Å². The molecule has 2 rings (SSSR count). The molecule has 0 amide bonds. The second-order valence-electron chi connectivity index (χ2n) is 5.25. The predicted octanol–water partition coefficient (Wildman–Crippen LogP) is 3.28. The van der Waals surface area contributed by atoms with Gasteiger partial charge >= 0.3 is 0 Å². The summed E-state index contributed by atoms with van der Waals surface area (Å²) in [5.74, 6) is 0. The van der Waals surface area contributed by atoms with Gasteiger partial charge in [-0.3, -0.25) is 0 Å². The van der Waals surface area contributed by atoms with Crippen LogP contribution in [0.1, 0.15) is 31.7 Å². The lowest BCUT2D eigenvalue weighted by molar-refractivity contribution is 0.403. The Morgan fingerprint density at radius 1 is 1.33 bits per heavy atom.